The molecule has 8 rings (SSSR count). The molecule has 0 fully saturated rings. The Kier molecular flexibility index (Phi) is 5.42. The normalized spacial score (nSPS) is 11.4. The van der Waals surface area contributed by atoms with E-state index in [1.165, 1.54) is 11.1 Å². The Balaban J connectivity index is 1.37. The van der Waals surface area contributed by atoms with Crippen molar-refractivity contribution in [1.29, 1.82) is 0 Å². The van der Waals surface area contributed by atoms with Crippen LogP contribution in [0.25, 0.3) is 78.0 Å². The van der Waals surface area contributed by atoms with E-state index in [0.29, 0.717) is 17.5 Å². The molecule has 2 heterocycles. The molecule has 41 heavy (non-hydrogen) atoms. The van der Waals surface area contributed by atoms with Crippen LogP contribution < -0.4 is 0 Å². The Labute approximate surface area is 236 Å². The van der Waals surface area contributed by atoms with Crippen LogP contribution in [-0.4, -0.2) is 15.0 Å². The third-order valence-electron chi connectivity index (χ3n) is 7.50. The molecule has 0 atom stereocenters. The van der Waals surface area contributed by atoms with Gasteiger partial charge in [0, 0.05) is 27.5 Å². The number of hydrogen-bond acceptors (Lipinski definition) is 4. The van der Waals surface area contributed by atoms with Gasteiger partial charge in [-0.1, -0.05) is 115 Å². The van der Waals surface area contributed by atoms with Crippen LogP contribution in [0.1, 0.15) is 0 Å². The van der Waals surface area contributed by atoms with E-state index in [1.807, 2.05) is 78.9 Å². The lowest BCUT2D eigenvalue weighted by Crippen LogP contribution is -2.00. The molecule has 0 aliphatic carbocycles. The second-order valence-electron chi connectivity index (χ2n) is 10.1. The Morgan fingerprint density at radius 1 is 0.390 bits per heavy atom. The third-order valence-corrected chi connectivity index (χ3v) is 7.50. The summed E-state index contributed by atoms with van der Waals surface area (Å²) in [5.41, 5.74) is 6.82. The summed E-state index contributed by atoms with van der Waals surface area (Å²) in [6, 6.07) is 47.6. The highest BCUT2D eigenvalue weighted by atomic mass is 16.3. The molecule has 0 aliphatic heterocycles. The van der Waals surface area contributed by atoms with Gasteiger partial charge in [0.2, 0.25) is 0 Å². The monoisotopic (exact) mass is 525 g/mol. The third kappa shape index (κ3) is 4.14. The molecule has 0 saturated carbocycles. The van der Waals surface area contributed by atoms with Crippen LogP contribution in [0.2, 0.25) is 0 Å². The molecule has 6 aromatic carbocycles. The zero-order valence-electron chi connectivity index (χ0n) is 22.0. The van der Waals surface area contributed by atoms with Gasteiger partial charge < -0.3 is 4.42 Å². The highest BCUT2D eigenvalue weighted by Gasteiger charge is 2.18. The summed E-state index contributed by atoms with van der Waals surface area (Å²) in [7, 11) is 0. The number of nitrogens with zero attached hydrogens (tertiary/aromatic N) is 3. The molecule has 0 N–H and O–H groups in total. The van der Waals surface area contributed by atoms with Crippen molar-refractivity contribution in [3.63, 3.8) is 0 Å². The van der Waals surface area contributed by atoms with E-state index in [1.54, 1.807) is 0 Å². The Morgan fingerprint density at radius 2 is 1.00 bits per heavy atom. The maximum Gasteiger partial charge on any atom is 0.164 e. The highest BCUT2D eigenvalue weighted by Crippen LogP contribution is 2.39. The minimum Gasteiger partial charge on any atom is -0.456 e. The van der Waals surface area contributed by atoms with Crippen molar-refractivity contribution < 1.29 is 4.42 Å². The molecular weight excluding hydrogens is 502 g/mol. The molecule has 2 aromatic heterocycles. The Bertz CT molecular complexity index is 2130. The quantitative estimate of drug-likeness (QED) is 0.230. The summed E-state index contributed by atoms with van der Waals surface area (Å²) in [6.07, 6.45) is 0. The lowest BCUT2D eigenvalue weighted by atomic mass is 9.99. The molecule has 0 radical (unpaired) electrons. The van der Waals surface area contributed by atoms with Gasteiger partial charge in [-0.2, -0.15) is 0 Å². The number of furan rings is 1. The SMILES string of the molecule is c1ccc(-c2ccc3cc4oc5cccc(-c6nc(-c7ccccc7)nc(-c7ccccc7)n6)c5c4cc3c2)cc1. The molecule has 4 heteroatoms. The predicted octanol–water partition coefficient (Wildman–Crippen LogP) is 9.59. The van der Waals surface area contributed by atoms with E-state index in [-0.39, 0.29) is 0 Å². The molecule has 4 nitrogen and oxygen atoms in total. The number of rotatable bonds is 4. The minimum absolute atomic E-state index is 0.615. The second-order valence-corrected chi connectivity index (χ2v) is 10.1. The summed E-state index contributed by atoms with van der Waals surface area (Å²) in [4.78, 5) is 14.8. The predicted molar refractivity (Wildman–Crippen MR) is 166 cm³/mol. The summed E-state index contributed by atoms with van der Waals surface area (Å²) in [5, 5.41) is 4.33. The van der Waals surface area contributed by atoms with E-state index >= 15 is 0 Å². The van der Waals surface area contributed by atoms with Gasteiger partial charge in [-0.25, -0.2) is 15.0 Å². The lowest BCUT2D eigenvalue weighted by molar-refractivity contribution is 0.669. The van der Waals surface area contributed by atoms with Crippen molar-refractivity contribution in [2.45, 2.75) is 0 Å². The van der Waals surface area contributed by atoms with Crippen molar-refractivity contribution >= 4 is 32.7 Å². The Hall–Kier alpha value is -5.61. The maximum absolute atomic E-state index is 6.40. The standard InChI is InChI=1S/C37H23N3O/c1-4-11-24(12-5-1)27-19-20-28-23-33-31(22-29(28)21-27)34-30(17-10-18-32(34)41-33)37-39-35(25-13-6-2-7-14-25)38-36(40-37)26-15-8-3-9-16-26/h1-23H. The molecular formula is C37H23N3O. The van der Waals surface area contributed by atoms with Gasteiger partial charge in [0.05, 0.1) is 0 Å². The van der Waals surface area contributed by atoms with Crippen molar-refractivity contribution in [3.05, 3.63) is 140 Å². The second kappa shape index (κ2) is 9.54. The minimum atomic E-state index is 0.615. The van der Waals surface area contributed by atoms with Gasteiger partial charge in [0.15, 0.2) is 17.5 Å². The fraction of sp³-hybridized carbons (Fsp3) is 0. The zero-order valence-corrected chi connectivity index (χ0v) is 22.0. The molecule has 0 amide bonds. The molecule has 0 aliphatic rings. The fourth-order valence-electron chi connectivity index (χ4n) is 5.49. The largest absolute Gasteiger partial charge is 0.456 e. The number of benzene rings is 6. The average molecular weight is 526 g/mol. The van der Waals surface area contributed by atoms with Crippen molar-refractivity contribution in [3.8, 4) is 45.3 Å². The van der Waals surface area contributed by atoms with E-state index in [9.17, 15) is 0 Å². The van der Waals surface area contributed by atoms with Crippen LogP contribution in [0.15, 0.2) is 144 Å². The van der Waals surface area contributed by atoms with E-state index in [4.69, 9.17) is 19.4 Å². The smallest absolute Gasteiger partial charge is 0.164 e. The summed E-state index contributed by atoms with van der Waals surface area (Å²) >= 11 is 0. The van der Waals surface area contributed by atoms with E-state index < -0.39 is 0 Å². The van der Waals surface area contributed by atoms with Gasteiger partial charge in [0.1, 0.15) is 11.2 Å². The van der Waals surface area contributed by atoms with Gasteiger partial charge in [-0.05, 0) is 46.2 Å². The van der Waals surface area contributed by atoms with Crippen LogP contribution in [0.5, 0.6) is 0 Å². The van der Waals surface area contributed by atoms with Gasteiger partial charge in [-0.3, -0.25) is 0 Å². The molecule has 0 saturated heterocycles. The molecule has 0 unspecified atom stereocenters. The average Bonchev–Trinajstić information content (AvgIpc) is 3.42. The zero-order chi connectivity index (χ0) is 27.2. The van der Waals surface area contributed by atoms with Gasteiger partial charge >= 0.3 is 0 Å². The molecule has 0 spiro atoms. The van der Waals surface area contributed by atoms with Crippen molar-refractivity contribution in [2.75, 3.05) is 0 Å². The first-order valence-corrected chi connectivity index (χ1v) is 13.6. The van der Waals surface area contributed by atoms with Crippen LogP contribution in [0, 0.1) is 0 Å². The first-order chi connectivity index (χ1) is 20.3. The number of fused-ring (bicyclic) bond motifs is 4. The molecule has 192 valence electrons. The lowest BCUT2D eigenvalue weighted by Gasteiger charge is -2.09. The number of aromatic nitrogens is 3. The summed E-state index contributed by atoms with van der Waals surface area (Å²) in [5.74, 6) is 1.89. The highest BCUT2D eigenvalue weighted by molar-refractivity contribution is 6.15. The van der Waals surface area contributed by atoms with Crippen LogP contribution in [-0.2, 0) is 0 Å². The fourth-order valence-corrected chi connectivity index (χ4v) is 5.49. The summed E-state index contributed by atoms with van der Waals surface area (Å²) in [6.45, 7) is 0. The first kappa shape index (κ1) is 23.3. The van der Waals surface area contributed by atoms with E-state index in [2.05, 4.69) is 60.7 Å². The summed E-state index contributed by atoms with van der Waals surface area (Å²) < 4.78 is 6.40. The number of hydrogen-bond donors (Lipinski definition) is 0. The van der Waals surface area contributed by atoms with Crippen molar-refractivity contribution in [2.24, 2.45) is 0 Å². The van der Waals surface area contributed by atoms with Gasteiger partial charge in [-0.15, -0.1) is 0 Å². The van der Waals surface area contributed by atoms with Crippen LogP contribution in [0.4, 0.5) is 0 Å². The molecule has 0 bridgehead atoms. The van der Waals surface area contributed by atoms with Gasteiger partial charge in [0.25, 0.3) is 0 Å². The van der Waals surface area contributed by atoms with Crippen LogP contribution >= 0.6 is 0 Å². The Morgan fingerprint density at radius 3 is 1.66 bits per heavy atom. The first-order valence-electron chi connectivity index (χ1n) is 13.6. The van der Waals surface area contributed by atoms with E-state index in [0.717, 1.165) is 49.4 Å². The molecule has 8 aromatic rings. The topological polar surface area (TPSA) is 51.8 Å². The van der Waals surface area contributed by atoms with Crippen molar-refractivity contribution in [1.82, 2.24) is 15.0 Å². The van der Waals surface area contributed by atoms with Crippen LogP contribution in [0.3, 0.4) is 0 Å². The maximum atomic E-state index is 6.40.